The Balaban J connectivity index is 1.84. The van der Waals surface area contributed by atoms with E-state index in [1.165, 1.54) is 12.0 Å². The molecule has 1 aromatic carbocycles. The first-order valence-corrected chi connectivity index (χ1v) is 8.36. The van der Waals surface area contributed by atoms with E-state index in [2.05, 4.69) is 47.7 Å². The molecule has 1 amide bonds. The molecule has 3 rings (SSSR count). The molecule has 0 saturated carbocycles. The van der Waals surface area contributed by atoms with Gasteiger partial charge in [-0.15, -0.1) is 6.58 Å². The highest BCUT2D eigenvalue weighted by atomic mass is 16.2. The summed E-state index contributed by atoms with van der Waals surface area (Å²) in [7, 11) is 2.22. The van der Waals surface area contributed by atoms with E-state index >= 15 is 0 Å². The fourth-order valence-corrected chi connectivity index (χ4v) is 4.04. The minimum absolute atomic E-state index is 0.223. The van der Waals surface area contributed by atoms with Crippen LogP contribution in [0.4, 0.5) is 0 Å². The van der Waals surface area contributed by atoms with Gasteiger partial charge in [-0.2, -0.15) is 0 Å². The van der Waals surface area contributed by atoms with Gasteiger partial charge in [0.15, 0.2) is 0 Å². The number of likely N-dealkylation sites (tertiary alicyclic amines) is 2. The summed E-state index contributed by atoms with van der Waals surface area (Å²) in [5.41, 5.74) is 1.27. The third kappa shape index (κ3) is 2.95. The molecule has 0 aliphatic carbocycles. The van der Waals surface area contributed by atoms with Gasteiger partial charge in [-0.25, -0.2) is 0 Å². The summed E-state index contributed by atoms with van der Waals surface area (Å²) >= 11 is 0. The normalized spacial score (nSPS) is 28.4. The lowest BCUT2D eigenvalue weighted by Gasteiger charge is -2.43. The average Bonchev–Trinajstić information content (AvgIpc) is 2.93. The minimum atomic E-state index is 0.223. The van der Waals surface area contributed by atoms with Crippen LogP contribution in [0.5, 0.6) is 0 Å². The number of fused-ring (bicyclic) bond motifs is 1. The van der Waals surface area contributed by atoms with Crippen molar-refractivity contribution in [2.45, 2.75) is 37.8 Å². The summed E-state index contributed by atoms with van der Waals surface area (Å²) in [5.74, 6) is 0.916. The summed E-state index contributed by atoms with van der Waals surface area (Å²) in [6.07, 6.45) is 5.47. The summed E-state index contributed by atoms with van der Waals surface area (Å²) in [6.45, 7) is 5.81. The lowest BCUT2D eigenvalue weighted by molar-refractivity contribution is -0.137. The van der Waals surface area contributed by atoms with Crippen molar-refractivity contribution in [1.29, 1.82) is 0 Å². The molecule has 0 radical (unpaired) electrons. The van der Waals surface area contributed by atoms with Gasteiger partial charge < -0.3 is 9.80 Å². The molecule has 2 heterocycles. The summed E-state index contributed by atoms with van der Waals surface area (Å²) in [6, 6.07) is 11.4. The maximum Gasteiger partial charge on any atom is 0.223 e. The topological polar surface area (TPSA) is 23.6 Å². The Kier molecular flexibility index (Phi) is 4.63. The smallest absolute Gasteiger partial charge is 0.223 e. The molecule has 22 heavy (non-hydrogen) atoms. The molecule has 118 valence electrons. The van der Waals surface area contributed by atoms with Crippen molar-refractivity contribution in [1.82, 2.24) is 9.80 Å². The van der Waals surface area contributed by atoms with Gasteiger partial charge in [-0.1, -0.05) is 36.4 Å². The van der Waals surface area contributed by atoms with Gasteiger partial charge >= 0.3 is 0 Å². The second-order valence-electron chi connectivity index (χ2n) is 6.63. The molecule has 3 nitrogen and oxygen atoms in total. The van der Waals surface area contributed by atoms with E-state index in [0.717, 1.165) is 25.9 Å². The van der Waals surface area contributed by atoms with Crippen LogP contribution in [0.15, 0.2) is 43.0 Å². The van der Waals surface area contributed by atoms with E-state index in [-0.39, 0.29) is 11.9 Å². The van der Waals surface area contributed by atoms with Crippen LogP contribution < -0.4 is 0 Å². The first-order valence-electron chi connectivity index (χ1n) is 8.36. The summed E-state index contributed by atoms with van der Waals surface area (Å²) < 4.78 is 0. The molecule has 0 spiro atoms. The number of nitrogens with zero attached hydrogens (tertiary/aromatic N) is 2. The van der Waals surface area contributed by atoms with E-state index in [1.807, 2.05) is 12.1 Å². The largest absolute Gasteiger partial charge is 0.335 e. The highest BCUT2D eigenvalue weighted by Gasteiger charge is 2.42. The monoisotopic (exact) mass is 298 g/mol. The molecule has 3 heteroatoms. The number of rotatable bonds is 4. The Morgan fingerprint density at radius 3 is 2.86 bits per heavy atom. The van der Waals surface area contributed by atoms with Crippen LogP contribution in [-0.2, 0) is 4.79 Å². The number of amides is 1. The van der Waals surface area contributed by atoms with Crippen molar-refractivity contribution in [3.8, 4) is 0 Å². The van der Waals surface area contributed by atoms with Gasteiger partial charge in [0.25, 0.3) is 0 Å². The number of piperidine rings is 1. The van der Waals surface area contributed by atoms with Crippen molar-refractivity contribution < 1.29 is 4.79 Å². The van der Waals surface area contributed by atoms with Crippen LogP contribution >= 0.6 is 0 Å². The molecule has 0 aromatic heterocycles. The Morgan fingerprint density at radius 2 is 2.14 bits per heavy atom. The van der Waals surface area contributed by atoms with Crippen LogP contribution in [0, 0.1) is 5.92 Å². The number of hydrogen-bond acceptors (Lipinski definition) is 2. The molecular formula is C19H26N2O. The van der Waals surface area contributed by atoms with Crippen LogP contribution in [0.2, 0.25) is 0 Å². The van der Waals surface area contributed by atoms with Crippen LogP contribution in [-0.4, -0.2) is 41.9 Å². The quantitative estimate of drug-likeness (QED) is 0.797. The number of carbonyl (C=O) groups excluding carboxylic acids is 1. The second kappa shape index (κ2) is 6.66. The van der Waals surface area contributed by atoms with Gasteiger partial charge in [-0.3, -0.25) is 4.79 Å². The first kappa shape index (κ1) is 15.3. The number of carbonyl (C=O) groups is 1. The lowest BCUT2D eigenvalue weighted by atomic mass is 9.85. The zero-order valence-corrected chi connectivity index (χ0v) is 13.4. The van der Waals surface area contributed by atoms with E-state index < -0.39 is 0 Å². The van der Waals surface area contributed by atoms with Crippen molar-refractivity contribution in [3.05, 3.63) is 48.6 Å². The van der Waals surface area contributed by atoms with Crippen molar-refractivity contribution in [2.24, 2.45) is 5.92 Å². The zero-order valence-electron chi connectivity index (χ0n) is 13.4. The SMILES string of the molecule is C=CCCC(=O)N1C[C@H]2CCN(C)[C@H]2C[C@H]1c1ccccc1. The Bertz CT molecular complexity index is 527. The van der Waals surface area contributed by atoms with Gasteiger partial charge in [0.05, 0.1) is 6.04 Å². The predicted octanol–water partition coefficient (Wildman–Crippen LogP) is 3.25. The molecule has 2 fully saturated rings. The summed E-state index contributed by atoms with van der Waals surface area (Å²) in [4.78, 5) is 17.3. The number of allylic oxidation sites excluding steroid dienone is 1. The van der Waals surface area contributed by atoms with E-state index in [9.17, 15) is 4.79 Å². The third-order valence-corrected chi connectivity index (χ3v) is 5.30. The fraction of sp³-hybridized carbons (Fsp3) is 0.526. The van der Waals surface area contributed by atoms with Gasteiger partial charge in [-0.05, 0) is 44.3 Å². The zero-order chi connectivity index (χ0) is 15.5. The highest BCUT2D eigenvalue weighted by molar-refractivity contribution is 5.77. The molecule has 0 bridgehead atoms. The third-order valence-electron chi connectivity index (χ3n) is 5.30. The van der Waals surface area contributed by atoms with Crippen molar-refractivity contribution >= 4 is 5.91 Å². The fourth-order valence-electron chi connectivity index (χ4n) is 4.04. The van der Waals surface area contributed by atoms with E-state index in [0.29, 0.717) is 18.4 Å². The number of benzene rings is 1. The second-order valence-corrected chi connectivity index (χ2v) is 6.63. The minimum Gasteiger partial charge on any atom is -0.335 e. The molecular weight excluding hydrogens is 272 g/mol. The van der Waals surface area contributed by atoms with Crippen molar-refractivity contribution in [2.75, 3.05) is 20.1 Å². The predicted molar refractivity (Wildman–Crippen MR) is 89.5 cm³/mol. The average molecular weight is 298 g/mol. The molecule has 2 aliphatic heterocycles. The van der Waals surface area contributed by atoms with Crippen molar-refractivity contribution in [3.63, 3.8) is 0 Å². The lowest BCUT2D eigenvalue weighted by Crippen LogP contribution is -2.48. The van der Waals surface area contributed by atoms with E-state index in [1.54, 1.807) is 0 Å². The van der Waals surface area contributed by atoms with E-state index in [4.69, 9.17) is 0 Å². The standard InChI is InChI=1S/C19H26N2O/c1-3-4-10-19(22)21-14-16-11-12-20(2)17(16)13-18(21)15-8-6-5-7-9-15/h3,5-9,16-18H,1,4,10-14H2,2H3/t16-,17+,18+/m1/s1. The number of hydrogen-bond donors (Lipinski definition) is 0. The molecule has 0 unspecified atom stereocenters. The Hall–Kier alpha value is -1.61. The Morgan fingerprint density at radius 1 is 1.36 bits per heavy atom. The highest BCUT2D eigenvalue weighted by Crippen LogP contribution is 2.40. The molecule has 2 aliphatic rings. The first-order chi connectivity index (χ1) is 10.7. The van der Waals surface area contributed by atoms with Gasteiger partial charge in [0.2, 0.25) is 5.91 Å². The maximum absolute atomic E-state index is 12.7. The Labute approximate surface area is 133 Å². The molecule has 3 atom stereocenters. The molecule has 1 aromatic rings. The van der Waals surface area contributed by atoms with Crippen LogP contribution in [0.3, 0.4) is 0 Å². The molecule has 2 saturated heterocycles. The van der Waals surface area contributed by atoms with Crippen LogP contribution in [0.25, 0.3) is 0 Å². The van der Waals surface area contributed by atoms with Gasteiger partial charge in [0, 0.05) is 19.0 Å². The van der Waals surface area contributed by atoms with Gasteiger partial charge in [0.1, 0.15) is 0 Å². The maximum atomic E-state index is 12.7. The van der Waals surface area contributed by atoms with Crippen LogP contribution in [0.1, 0.15) is 37.3 Å². The molecule has 0 N–H and O–H groups in total. The summed E-state index contributed by atoms with van der Waals surface area (Å²) in [5, 5.41) is 0.